The summed E-state index contributed by atoms with van der Waals surface area (Å²) in [5.41, 5.74) is 0.701. The van der Waals surface area contributed by atoms with Crippen LogP contribution in [0, 0.1) is 6.92 Å². The van der Waals surface area contributed by atoms with Gasteiger partial charge < -0.3 is 4.42 Å². The second-order valence-corrected chi connectivity index (χ2v) is 8.00. The van der Waals surface area contributed by atoms with E-state index in [1.165, 1.54) is 35.6 Å². The molecule has 0 atom stereocenters. The number of rotatable bonds is 4. The average Bonchev–Trinajstić information content (AvgIpc) is 3.15. The van der Waals surface area contributed by atoms with Crippen LogP contribution in [0.5, 0.6) is 0 Å². The molecule has 1 amide bonds. The van der Waals surface area contributed by atoms with Crippen molar-refractivity contribution in [3.8, 4) is 11.6 Å². The van der Waals surface area contributed by atoms with Crippen LogP contribution in [0.4, 0.5) is 6.01 Å². The van der Waals surface area contributed by atoms with Crippen molar-refractivity contribution in [3.63, 3.8) is 0 Å². The van der Waals surface area contributed by atoms with Gasteiger partial charge in [-0.05, 0) is 25.1 Å². The lowest BCUT2D eigenvalue weighted by Crippen LogP contribution is -2.13. The smallest absolute Gasteiger partial charge is 0.322 e. The number of carbonyl (C=O) groups excluding carboxylic acids is 1. The van der Waals surface area contributed by atoms with Crippen LogP contribution in [0.2, 0.25) is 0 Å². The first-order valence-corrected chi connectivity index (χ1v) is 9.47. The number of nitrogens with zero attached hydrogens (tertiary/aromatic N) is 3. The summed E-state index contributed by atoms with van der Waals surface area (Å²) in [7, 11) is -3.40. The van der Waals surface area contributed by atoms with Crippen LogP contribution in [0.15, 0.2) is 39.0 Å². The molecule has 3 rings (SSSR count). The maximum Gasteiger partial charge on any atom is 0.322 e. The van der Waals surface area contributed by atoms with Gasteiger partial charge in [0.05, 0.1) is 9.90 Å². The van der Waals surface area contributed by atoms with Gasteiger partial charge in [-0.15, -0.1) is 16.4 Å². The topological polar surface area (TPSA) is 115 Å². The highest BCUT2D eigenvalue weighted by Crippen LogP contribution is 2.22. The Balaban J connectivity index is 1.79. The molecule has 0 bridgehead atoms. The van der Waals surface area contributed by atoms with Gasteiger partial charge >= 0.3 is 6.01 Å². The molecule has 24 heavy (non-hydrogen) atoms. The number of aryl methyl sites for hydroxylation is 1. The van der Waals surface area contributed by atoms with Gasteiger partial charge in [0.15, 0.2) is 9.84 Å². The first-order chi connectivity index (χ1) is 11.3. The van der Waals surface area contributed by atoms with Crippen LogP contribution in [0.1, 0.15) is 15.4 Å². The maximum absolute atomic E-state index is 12.2. The van der Waals surface area contributed by atoms with Crippen LogP contribution in [-0.2, 0) is 9.84 Å². The molecule has 0 radical (unpaired) electrons. The average molecular weight is 364 g/mol. The standard InChI is InChI=1S/C14H12N4O4S2/c1-8-15-11(7-23-8)13-17-18-14(22-13)16-12(19)9-4-3-5-10(6-9)24(2,20)21/h3-7H,1-2H3,(H,16,18,19). The fraction of sp³-hybridized carbons (Fsp3) is 0.143. The third-order valence-electron chi connectivity index (χ3n) is 3.01. The number of benzene rings is 1. The van der Waals surface area contributed by atoms with Gasteiger partial charge in [-0.25, -0.2) is 13.4 Å². The second kappa shape index (κ2) is 6.13. The van der Waals surface area contributed by atoms with Crippen molar-refractivity contribution in [2.75, 3.05) is 11.6 Å². The van der Waals surface area contributed by atoms with Gasteiger partial charge in [-0.3, -0.25) is 10.1 Å². The molecule has 0 saturated carbocycles. The molecular formula is C14H12N4O4S2. The van der Waals surface area contributed by atoms with Crippen LogP contribution in [0.3, 0.4) is 0 Å². The van der Waals surface area contributed by atoms with Crippen LogP contribution >= 0.6 is 11.3 Å². The van der Waals surface area contributed by atoms with Gasteiger partial charge in [0.1, 0.15) is 5.69 Å². The van der Waals surface area contributed by atoms with Crippen molar-refractivity contribution in [2.45, 2.75) is 11.8 Å². The number of amides is 1. The minimum atomic E-state index is -3.40. The van der Waals surface area contributed by atoms with E-state index in [1.807, 2.05) is 6.92 Å². The maximum atomic E-state index is 12.2. The van der Waals surface area contributed by atoms with E-state index in [0.717, 1.165) is 11.3 Å². The van der Waals surface area contributed by atoms with Crippen molar-refractivity contribution < 1.29 is 17.6 Å². The fourth-order valence-corrected chi connectivity index (χ4v) is 3.13. The Labute approximate surface area is 141 Å². The number of nitrogens with one attached hydrogen (secondary N) is 1. The number of sulfone groups is 1. The van der Waals surface area contributed by atoms with Gasteiger partial charge in [-0.1, -0.05) is 11.2 Å². The Hall–Kier alpha value is -2.59. The molecule has 10 heteroatoms. The molecular weight excluding hydrogens is 352 g/mol. The SMILES string of the molecule is Cc1nc(-c2nnc(NC(=O)c3cccc(S(C)(=O)=O)c3)o2)cs1. The van der Waals surface area contributed by atoms with Gasteiger partial charge in [0, 0.05) is 17.2 Å². The largest absolute Gasteiger partial charge is 0.401 e. The monoisotopic (exact) mass is 364 g/mol. The third-order valence-corrected chi connectivity index (χ3v) is 4.89. The summed E-state index contributed by atoms with van der Waals surface area (Å²) in [5.74, 6) is -0.357. The van der Waals surface area contributed by atoms with E-state index in [2.05, 4.69) is 20.5 Å². The lowest BCUT2D eigenvalue weighted by Gasteiger charge is -2.03. The Bertz CT molecular complexity index is 1010. The minimum absolute atomic E-state index is 0.0549. The number of aromatic nitrogens is 3. The zero-order valence-corrected chi connectivity index (χ0v) is 14.3. The lowest BCUT2D eigenvalue weighted by molar-refractivity contribution is 0.102. The van der Waals surface area contributed by atoms with E-state index in [1.54, 1.807) is 5.38 Å². The highest BCUT2D eigenvalue weighted by molar-refractivity contribution is 7.90. The van der Waals surface area contributed by atoms with E-state index in [9.17, 15) is 13.2 Å². The summed E-state index contributed by atoms with van der Waals surface area (Å²) in [4.78, 5) is 16.5. The molecule has 1 N–H and O–H groups in total. The Morgan fingerprint density at radius 2 is 2.08 bits per heavy atom. The lowest BCUT2D eigenvalue weighted by atomic mass is 10.2. The third kappa shape index (κ3) is 3.49. The summed E-state index contributed by atoms with van der Waals surface area (Å²) in [5, 5.41) is 12.6. The molecule has 0 aliphatic carbocycles. The van der Waals surface area contributed by atoms with Crippen LogP contribution in [0.25, 0.3) is 11.6 Å². The molecule has 0 spiro atoms. The first-order valence-electron chi connectivity index (χ1n) is 6.70. The highest BCUT2D eigenvalue weighted by Gasteiger charge is 2.16. The number of thiazole rings is 1. The molecule has 1 aromatic carbocycles. The Morgan fingerprint density at radius 3 is 2.75 bits per heavy atom. The molecule has 0 unspecified atom stereocenters. The quantitative estimate of drug-likeness (QED) is 0.754. The van der Waals surface area contributed by atoms with Crippen LogP contribution in [-0.4, -0.2) is 35.8 Å². The number of hydrogen-bond donors (Lipinski definition) is 1. The van der Waals surface area contributed by atoms with E-state index in [0.29, 0.717) is 5.69 Å². The van der Waals surface area contributed by atoms with Gasteiger partial charge in [-0.2, -0.15) is 0 Å². The van der Waals surface area contributed by atoms with Crippen molar-refractivity contribution in [1.29, 1.82) is 0 Å². The molecule has 2 heterocycles. The fourth-order valence-electron chi connectivity index (χ4n) is 1.88. The summed E-state index contributed by atoms with van der Waals surface area (Å²) in [6.07, 6.45) is 1.07. The normalized spacial score (nSPS) is 11.4. The number of carbonyl (C=O) groups is 1. The summed E-state index contributed by atoms with van der Waals surface area (Å²) < 4.78 is 28.4. The molecule has 8 nitrogen and oxygen atoms in total. The molecule has 3 aromatic rings. The molecule has 0 aliphatic heterocycles. The number of hydrogen-bond acceptors (Lipinski definition) is 8. The van der Waals surface area contributed by atoms with Crippen molar-refractivity contribution >= 4 is 33.1 Å². The van der Waals surface area contributed by atoms with Gasteiger partial charge in [0.25, 0.3) is 11.8 Å². The second-order valence-electron chi connectivity index (χ2n) is 4.92. The first kappa shape index (κ1) is 16.3. The Morgan fingerprint density at radius 1 is 1.29 bits per heavy atom. The zero-order chi connectivity index (χ0) is 17.3. The van der Waals surface area contributed by atoms with Crippen LogP contribution < -0.4 is 5.32 Å². The van der Waals surface area contributed by atoms with Gasteiger partial charge in [0.2, 0.25) is 0 Å². The number of anilines is 1. The van der Waals surface area contributed by atoms with Crippen molar-refractivity contribution in [3.05, 3.63) is 40.2 Å². The molecule has 0 fully saturated rings. The zero-order valence-electron chi connectivity index (χ0n) is 12.7. The summed E-state index contributed by atoms with van der Waals surface area (Å²) >= 11 is 1.44. The van der Waals surface area contributed by atoms with E-state index in [4.69, 9.17) is 4.42 Å². The predicted molar refractivity (Wildman–Crippen MR) is 87.6 cm³/mol. The predicted octanol–water partition coefficient (Wildman–Crippen LogP) is 2.16. The minimum Gasteiger partial charge on any atom is -0.401 e. The van der Waals surface area contributed by atoms with Crippen molar-refractivity contribution in [2.24, 2.45) is 0 Å². The molecule has 0 aliphatic rings. The molecule has 124 valence electrons. The van der Waals surface area contributed by atoms with E-state index in [-0.39, 0.29) is 22.4 Å². The highest BCUT2D eigenvalue weighted by atomic mass is 32.2. The van der Waals surface area contributed by atoms with E-state index >= 15 is 0 Å². The van der Waals surface area contributed by atoms with E-state index < -0.39 is 15.7 Å². The summed E-state index contributed by atoms with van der Waals surface area (Å²) in [6, 6.07) is 5.59. The molecule has 2 aromatic heterocycles. The summed E-state index contributed by atoms with van der Waals surface area (Å²) in [6.45, 7) is 1.85. The molecule has 0 saturated heterocycles. The Kier molecular flexibility index (Phi) is 4.16. The van der Waals surface area contributed by atoms with Crippen molar-refractivity contribution in [1.82, 2.24) is 15.2 Å².